The van der Waals surface area contributed by atoms with Gasteiger partial charge in [-0.25, -0.2) is 8.78 Å². The molecule has 0 amide bonds. The largest absolute Gasteiger partial charge is 0.303 e. The Morgan fingerprint density at radius 1 is 1.08 bits per heavy atom. The average Bonchev–Trinajstić information content (AvgIpc) is 2.87. The number of alkyl halides is 2. The van der Waals surface area contributed by atoms with Crippen LogP contribution in [0.3, 0.4) is 0 Å². The van der Waals surface area contributed by atoms with E-state index in [9.17, 15) is 8.78 Å². The molecule has 0 aromatic carbocycles. The van der Waals surface area contributed by atoms with E-state index in [1.165, 1.54) is 19.3 Å². The highest BCUT2D eigenvalue weighted by atomic mass is 19.3. The highest BCUT2D eigenvalue weighted by Crippen LogP contribution is 2.51. The van der Waals surface area contributed by atoms with Crippen LogP contribution in [0.15, 0.2) is 0 Å². The molecule has 2 aliphatic rings. The highest BCUT2D eigenvalue weighted by molar-refractivity contribution is 4.97. The molecule has 0 spiro atoms. The van der Waals surface area contributed by atoms with Crippen LogP contribution in [0, 0.1) is 5.41 Å². The third kappa shape index (κ3) is 2.01. The van der Waals surface area contributed by atoms with Gasteiger partial charge >= 0.3 is 0 Å². The van der Waals surface area contributed by atoms with Crippen molar-refractivity contribution in [2.24, 2.45) is 5.41 Å². The lowest BCUT2D eigenvalue weighted by molar-refractivity contribution is 0.0323. The maximum Gasteiger partial charge on any atom is 0.245 e. The topological polar surface area (TPSA) is 3.24 Å². The summed E-state index contributed by atoms with van der Waals surface area (Å²) in [6, 6.07) is 0. The fraction of sp³-hybridized carbons (Fsp3) is 1.00. The lowest BCUT2D eigenvalue weighted by Crippen LogP contribution is -2.37. The molecule has 0 unspecified atom stereocenters. The molecule has 1 aliphatic heterocycles. The van der Waals surface area contributed by atoms with Crippen molar-refractivity contribution in [1.82, 2.24) is 4.90 Å². The van der Waals surface area contributed by atoms with Crippen molar-refractivity contribution in [2.75, 3.05) is 19.6 Å². The summed E-state index contributed by atoms with van der Waals surface area (Å²) in [6.07, 6.45) is 3.04. The summed E-state index contributed by atoms with van der Waals surface area (Å²) in [6.45, 7) is 2.72. The lowest BCUT2D eigenvalue weighted by Gasteiger charge is -2.30. The van der Waals surface area contributed by atoms with Crippen molar-refractivity contribution < 1.29 is 8.78 Å². The molecular formula is C10H17F2N. The quantitative estimate of drug-likeness (QED) is 0.659. The van der Waals surface area contributed by atoms with Crippen molar-refractivity contribution in [1.29, 1.82) is 0 Å². The van der Waals surface area contributed by atoms with Crippen LogP contribution < -0.4 is 0 Å². The summed E-state index contributed by atoms with van der Waals surface area (Å²) in [5.41, 5.74) is -0.600. The van der Waals surface area contributed by atoms with Crippen LogP contribution in [0.25, 0.3) is 0 Å². The number of halogens is 2. The maximum atomic E-state index is 12.6. The number of hydrogen-bond acceptors (Lipinski definition) is 1. The average molecular weight is 189 g/mol. The van der Waals surface area contributed by atoms with Gasteiger partial charge in [0.1, 0.15) is 0 Å². The molecule has 1 aliphatic carbocycles. The Labute approximate surface area is 78.1 Å². The minimum Gasteiger partial charge on any atom is -0.303 e. The molecule has 1 saturated heterocycles. The van der Waals surface area contributed by atoms with E-state index in [1.54, 1.807) is 0 Å². The van der Waals surface area contributed by atoms with Crippen LogP contribution in [0.4, 0.5) is 8.78 Å². The molecule has 2 rings (SSSR count). The van der Waals surface area contributed by atoms with Gasteiger partial charge in [0, 0.05) is 12.0 Å². The third-order valence-corrected chi connectivity index (χ3v) is 3.34. The van der Waals surface area contributed by atoms with Gasteiger partial charge in [0.05, 0.1) is 0 Å². The first-order valence-corrected chi connectivity index (χ1v) is 5.23. The molecule has 3 heteroatoms. The predicted molar refractivity (Wildman–Crippen MR) is 48.0 cm³/mol. The van der Waals surface area contributed by atoms with Gasteiger partial charge in [-0.2, -0.15) is 0 Å². The van der Waals surface area contributed by atoms with Crippen LogP contribution in [-0.2, 0) is 0 Å². The molecule has 0 radical (unpaired) electrons. The predicted octanol–water partition coefficient (Wildman–Crippen LogP) is 2.52. The first kappa shape index (κ1) is 9.38. The van der Waals surface area contributed by atoms with Gasteiger partial charge in [0.15, 0.2) is 0 Å². The van der Waals surface area contributed by atoms with Crippen molar-refractivity contribution in [3.05, 3.63) is 0 Å². The molecule has 0 N–H and O–H groups in total. The normalized spacial score (nSPS) is 27.9. The van der Waals surface area contributed by atoms with Gasteiger partial charge in [-0.05, 0) is 38.8 Å². The van der Waals surface area contributed by atoms with Crippen LogP contribution in [0.2, 0.25) is 0 Å². The molecule has 2 fully saturated rings. The highest BCUT2D eigenvalue weighted by Gasteiger charge is 2.51. The Hall–Kier alpha value is -0.180. The number of hydrogen-bond donors (Lipinski definition) is 0. The third-order valence-electron chi connectivity index (χ3n) is 3.34. The Morgan fingerprint density at radius 3 is 2.15 bits per heavy atom. The molecule has 1 heterocycles. The van der Waals surface area contributed by atoms with E-state index in [4.69, 9.17) is 0 Å². The van der Waals surface area contributed by atoms with E-state index in [0.717, 1.165) is 25.9 Å². The van der Waals surface area contributed by atoms with Crippen LogP contribution >= 0.6 is 0 Å². The van der Waals surface area contributed by atoms with Gasteiger partial charge in [0.2, 0.25) is 6.43 Å². The first-order valence-electron chi connectivity index (χ1n) is 5.23. The number of rotatable bonds is 3. The Balaban J connectivity index is 1.82. The SMILES string of the molecule is FC(F)C1(CN2CCCCC2)CC1. The van der Waals surface area contributed by atoms with Crippen molar-refractivity contribution >= 4 is 0 Å². The Kier molecular flexibility index (Phi) is 2.54. The van der Waals surface area contributed by atoms with Crippen molar-refractivity contribution in [3.8, 4) is 0 Å². The summed E-state index contributed by atoms with van der Waals surface area (Å²) < 4.78 is 25.2. The lowest BCUT2D eigenvalue weighted by atomic mass is 10.0. The summed E-state index contributed by atoms with van der Waals surface area (Å²) in [5, 5.41) is 0. The summed E-state index contributed by atoms with van der Waals surface area (Å²) in [7, 11) is 0. The molecule has 1 nitrogen and oxygen atoms in total. The second kappa shape index (κ2) is 3.52. The van der Waals surface area contributed by atoms with Crippen molar-refractivity contribution in [3.63, 3.8) is 0 Å². The van der Waals surface area contributed by atoms with Gasteiger partial charge in [0.25, 0.3) is 0 Å². The van der Waals surface area contributed by atoms with Crippen LogP contribution in [0.1, 0.15) is 32.1 Å². The zero-order valence-electron chi connectivity index (χ0n) is 7.94. The summed E-state index contributed by atoms with van der Waals surface area (Å²) >= 11 is 0. The molecular weight excluding hydrogens is 172 g/mol. The minimum absolute atomic E-state index is 0.600. The maximum absolute atomic E-state index is 12.6. The monoisotopic (exact) mass is 189 g/mol. The minimum atomic E-state index is -2.10. The summed E-state index contributed by atoms with van der Waals surface area (Å²) in [5.74, 6) is 0. The summed E-state index contributed by atoms with van der Waals surface area (Å²) in [4.78, 5) is 2.22. The smallest absolute Gasteiger partial charge is 0.245 e. The van der Waals surface area contributed by atoms with Crippen LogP contribution in [-0.4, -0.2) is 31.0 Å². The number of nitrogens with zero attached hydrogens (tertiary/aromatic N) is 1. The fourth-order valence-corrected chi connectivity index (χ4v) is 2.17. The molecule has 0 aromatic rings. The van der Waals surface area contributed by atoms with Gasteiger partial charge < -0.3 is 4.90 Å². The fourth-order valence-electron chi connectivity index (χ4n) is 2.17. The molecule has 0 bridgehead atoms. The number of likely N-dealkylation sites (tertiary alicyclic amines) is 1. The van der Waals surface area contributed by atoms with E-state index in [0.29, 0.717) is 6.54 Å². The van der Waals surface area contributed by atoms with E-state index in [1.807, 2.05) is 0 Å². The molecule has 0 aromatic heterocycles. The zero-order valence-corrected chi connectivity index (χ0v) is 7.94. The van der Waals surface area contributed by atoms with E-state index >= 15 is 0 Å². The van der Waals surface area contributed by atoms with E-state index in [2.05, 4.69) is 4.90 Å². The van der Waals surface area contributed by atoms with Gasteiger partial charge in [-0.1, -0.05) is 6.42 Å². The Morgan fingerprint density at radius 2 is 1.69 bits per heavy atom. The van der Waals surface area contributed by atoms with Crippen LogP contribution in [0.5, 0.6) is 0 Å². The Bertz CT molecular complexity index is 172. The molecule has 1 saturated carbocycles. The second-order valence-electron chi connectivity index (χ2n) is 4.50. The second-order valence-corrected chi connectivity index (χ2v) is 4.50. The number of piperidine rings is 1. The molecule has 13 heavy (non-hydrogen) atoms. The van der Waals surface area contributed by atoms with Gasteiger partial charge in [-0.3, -0.25) is 0 Å². The molecule has 76 valence electrons. The van der Waals surface area contributed by atoms with E-state index < -0.39 is 11.8 Å². The van der Waals surface area contributed by atoms with E-state index in [-0.39, 0.29) is 0 Å². The van der Waals surface area contributed by atoms with Crippen molar-refractivity contribution in [2.45, 2.75) is 38.5 Å². The van der Waals surface area contributed by atoms with Gasteiger partial charge in [-0.15, -0.1) is 0 Å². The standard InChI is InChI=1S/C10H17F2N/c11-9(12)10(4-5-10)8-13-6-2-1-3-7-13/h9H,1-8H2. The molecule has 0 atom stereocenters. The zero-order chi connectivity index (χ0) is 9.31. The first-order chi connectivity index (χ1) is 6.23.